The lowest BCUT2D eigenvalue weighted by Crippen LogP contribution is -2.56. The van der Waals surface area contributed by atoms with Gasteiger partial charge in [-0.25, -0.2) is 14.8 Å². The number of benzene rings is 2. The van der Waals surface area contributed by atoms with E-state index in [1.54, 1.807) is 6.92 Å². The molecule has 12 nitrogen and oxygen atoms in total. The molecule has 0 spiro atoms. The van der Waals surface area contributed by atoms with Crippen molar-refractivity contribution in [3.8, 4) is 11.4 Å². The van der Waals surface area contributed by atoms with Gasteiger partial charge in [-0.15, -0.1) is 12.4 Å². The van der Waals surface area contributed by atoms with Crippen molar-refractivity contribution in [3.63, 3.8) is 0 Å². The van der Waals surface area contributed by atoms with Crippen LogP contribution in [-0.2, 0) is 14.3 Å². The van der Waals surface area contributed by atoms with E-state index in [0.29, 0.717) is 17.2 Å². The Morgan fingerprint density at radius 3 is 2.16 bits per heavy atom. The molecule has 234 valence electrons. The quantitative estimate of drug-likeness (QED) is 0.287. The highest BCUT2D eigenvalue weighted by Crippen LogP contribution is 2.22. The smallest absolute Gasteiger partial charge is 0.409 e. The second kappa shape index (κ2) is 16.2. The first-order valence-electron chi connectivity index (χ1n) is 14.2. The molecule has 0 saturated carbocycles. The van der Waals surface area contributed by atoms with E-state index in [-0.39, 0.29) is 69.8 Å². The second-order valence-corrected chi connectivity index (χ2v) is 10.1. The van der Waals surface area contributed by atoms with Crippen LogP contribution in [0.15, 0.2) is 66.7 Å². The highest BCUT2D eigenvalue weighted by molar-refractivity contribution is 5.97. The van der Waals surface area contributed by atoms with Crippen LogP contribution in [0.5, 0.6) is 0 Å². The van der Waals surface area contributed by atoms with Crippen LogP contribution in [-0.4, -0.2) is 87.6 Å². The van der Waals surface area contributed by atoms with Crippen LogP contribution < -0.4 is 10.6 Å². The lowest BCUT2D eigenvalue weighted by molar-refractivity contribution is -0.138. The number of hydrogen-bond acceptors (Lipinski definition) is 8. The number of carbonyl (C=O) groups is 4. The molecule has 2 atom stereocenters. The minimum Gasteiger partial charge on any atom is -0.481 e. The maximum atomic E-state index is 13.6. The molecule has 4 rings (SSSR count). The van der Waals surface area contributed by atoms with Crippen LogP contribution in [0.25, 0.3) is 11.4 Å². The van der Waals surface area contributed by atoms with Crippen LogP contribution in [0.3, 0.4) is 0 Å². The summed E-state index contributed by atoms with van der Waals surface area (Å²) in [5, 5.41) is 15.3. The van der Waals surface area contributed by atoms with Crippen molar-refractivity contribution in [1.82, 2.24) is 25.1 Å². The number of anilines is 1. The van der Waals surface area contributed by atoms with Gasteiger partial charge >= 0.3 is 12.1 Å². The van der Waals surface area contributed by atoms with E-state index in [1.807, 2.05) is 67.6 Å². The van der Waals surface area contributed by atoms with Gasteiger partial charge in [0.15, 0.2) is 5.82 Å². The van der Waals surface area contributed by atoms with E-state index in [9.17, 15) is 24.3 Å². The first kappa shape index (κ1) is 33.8. The minimum atomic E-state index is -1.10. The maximum absolute atomic E-state index is 13.6. The predicted octanol–water partition coefficient (Wildman–Crippen LogP) is 4.00. The van der Waals surface area contributed by atoms with Gasteiger partial charge in [-0.05, 0) is 25.8 Å². The summed E-state index contributed by atoms with van der Waals surface area (Å²) in [6.45, 7) is 4.94. The third-order valence-electron chi connectivity index (χ3n) is 7.02. The van der Waals surface area contributed by atoms with E-state index < -0.39 is 29.9 Å². The average Bonchev–Trinajstić information content (AvgIpc) is 3.03. The molecule has 1 fully saturated rings. The Labute approximate surface area is 262 Å². The summed E-state index contributed by atoms with van der Waals surface area (Å²) in [5.74, 6) is -1.41. The number of rotatable bonds is 11. The van der Waals surface area contributed by atoms with Crippen LogP contribution in [0.4, 0.5) is 10.6 Å². The lowest BCUT2D eigenvalue weighted by atomic mass is 10.1. The summed E-state index contributed by atoms with van der Waals surface area (Å²) >= 11 is 0. The highest BCUT2D eigenvalue weighted by atomic mass is 35.5. The number of nitrogens with one attached hydrogen (secondary N) is 2. The second-order valence-electron chi connectivity index (χ2n) is 10.1. The van der Waals surface area contributed by atoms with E-state index in [4.69, 9.17) is 4.74 Å². The molecule has 1 aliphatic rings. The number of aliphatic carboxylic acids is 1. The fraction of sp³-hybridized carbons (Fsp3) is 0.355. The van der Waals surface area contributed by atoms with Crippen LogP contribution in [0.2, 0.25) is 0 Å². The summed E-state index contributed by atoms with van der Waals surface area (Å²) in [5.41, 5.74) is 1.75. The van der Waals surface area contributed by atoms with Gasteiger partial charge < -0.3 is 30.3 Å². The van der Waals surface area contributed by atoms with E-state index >= 15 is 0 Å². The number of carboxylic acids is 1. The van der Waals surface area contributed by atoms with E-state index in [2.05, 4.69) is 20.6 Å². The Balaban J connectivity index is 0.00000529. The highest BCUT2D eigenvalue weighted by Gasteiger charge is 2.31. The zero-order valence-corrected chi connectivity index (χ0v) is 25.5. The number of amides is 3. The first-order chi connectivity index (χ1) is 20.7. The number of hydrogen-bond donors (Lipinski definition) is 3. The molecule has 0 unspecified atom stereocenters. The maximum Gasteiger partial charge on any atom is 0.409 e. The van der Waals surface area contributed by atoms with Gasteiger partial charge in [-0.2, -0.15) is 0 Å². The average molecular weight is 625 g/mol. The molecule has 3 amide bonds. The normalized spacial score (nSPS) is 14.0. The summed E-state index contributed by atoms with van der Waals surface area (Å²) in [7, 11) is 0. The minimum absolute atomic E-state index is 0. The molecule has 2 aromatic carbocycles. The van der Waals surface area contributed by atoms with Crippen molar-refractivity contribution in [2.24, 2.45) is 0 Å². The van der Waals surface area contributed by atoms with Gasteiger partial charge in [0, 0.05) is 50.3 Å². The molecular weight excluding hydrogens is 588 g/mol. The van der Waals surface area contributed by atoms with Crippen molar-refractivity contribution in [1.29, 1.82) is 0 Å². The van der Waals surface area contributed by atoms with Gasteiger partial charge in [0.05, 0.1) is 6.61 Å². The summed E-state index contributed by atoms with van der Waals surface area (Å²) in [6, 6.07) is 19.2. The molecule has 2 heterocycles. The molecule has 1 saturated heterocycles. The van der Waals surface area contributed by atoms with Gasteiger partial charge in [-0.3, -0.25) is 14.4 Å². The van der Waals surface area contributed by atoms with Crippen molar-refractivity contribution in [2.75, 3.05) is 38.1 Å². The topological polar surface area (TPSA) is 154 Å². The number of ether oxygens (including phenoxy) is 1. The fourth-order valence-electron chi connectivity index (χ4n) is 4.70. The Morgan fingerprint density at radius 1 is 0.932 bits per heavy atom. The van der Waals surface area contributed by atoms with Crippen LogP contribution in [0, 0.1) is 0 Å². The third kappa shape index (κ3) is 9.14. The molecular formula is C31H37ClN6O6. The Morgan fingerprint density at radius 2 is 1.55 bits per heavy atom. The number of carbonyl (C=O) groups excluding carboxylic acids is 3. The molecule has 1 aliphatic heterocycles. The van der Waals surface area contributed by atoms with Crippen molar-refractivity contribution in [3.05, 3.63) is 78.0 Å². The number of nitrogens with zero attached hydrogens (tertiary/aromatic N) is 4. The van der Waals surface area contributed by atoms with E-state index in [1.165, 1.54) is 15.9 Å². The van der Waals surface area contributed by atoms with Gasteiger partial charge in [0.1, 0.15) is 17.6 Å². The number of halogens is 1. The molecule has 44 heavy (non-hydrogen) atoms. The van der Waals surface area contributed by atoms with Crippen molar-refractivity contribution in [2.45, 2.75) is 38.8 Å². The third-order valence-corrected chi connectivity index (χ3v) is 7.02. The summed E-state index contributed by atoms with van der Waals surface area (Å²) in [6.07, 6.45) is -0.876. The van der Waals surface area contributed by atoms with Gasteiger partial charge in [-0.1, -0.05) is 60.7 Å². The van der Waals surface area contributed by atoms with Crippen LogP contribution >= 0.6 is 12.4 Å². The summed E-state index contributed by atoms with van der Waals surface area (Å²) in [4.78, 5) is 62.6. The van der Waals surface area contributed by atoms with Gasteiger partial charge in [0.2, 0.25) is 5.91 Å². The SMILES string of the molecule is CCOC(=O)N1CCN(C(=O)[C@H](CCC(=O)O)NC(=O)c2cc(N[C@@H](C)c3ccccc3)nc(-c3ccccc3)n2)CC1.Cl. The number of aromatic nitrogens is 2. The standard InChI is InChI=1S/C31H36N6O6.ClH/c1-3-43-31(42)37-18-16-36(17-19-37)30(41)24(14-15-27(38)39)34-29(40)25-20-26(32-21(2)22-10-6-4-7-11-22)35-28(33-25)23-12-8-5-9-13-23;/h4-13,20-21,24H,3,14-19H2,1-2H3,(H,34,40)(H,38,39)(H,32,33,35);1H/t21-,24-;/m0./s1. The zero-order chi connectivity index (χ0) is 30.8. The number of carboxylic acid groups (broad SMARTS) is 1. The Bertz CT molecular complexity index is 1420. The molecule has 0 radical (unpaired) electrons. The van der Waals surface area contributed by atoms with Gasteiger partial charge in [0.25, 0.3) is 5.91 Å². The lowest BCUT2D eigenvalue weighted by Gasteiger charge is -2.35. The molecule has 13 heteroatoms. The molecule has 0 bridgehead atoms. The molecule has 0 aliphatic carbocycles. The molecule has 1 aromatic heterocycles. The fourth-order valence-corrected chi connectivity index (χ4v) is 4.70. The Hall–Kier alpha value is -4.71. The Kier molecular flexibility index (Phi) is 12.5. The zero-order valence-electron chi connectivity index (χ0n) is 24.6. The van der Waals surface area contributed by atoms with Crippen LogP contribution in [0.1, 0.15) is 48.8 Å². The largest absolute Gasteiger partial charge is 0.481 e. The molecule has 3 aromatic rings. The van der Waals surface area contributed by atoms with Crippen molar-refractivity contribution < 1.29 is 29.0 Å². The molecule has 3 N–H and O–H groups in total. The first-order valence-corrected chi connectivity index (χ1v) is 14.2. The van der Waals surface area contributed by atoms with Crippen molar-refractivity contribution >= 4 is 42.1 Å². The number of piperazine rings is 1. The monoisotopic (exact) mass is 624 g/mol. The predicted molar refractivity (Wildman–Crippen MR) is 166 cm³/mol. The summed E-state index contributed by atoms with van der Waals surface area (Å²) < 4.78 is 5.04. The van der Waals surface area contributed by atoms with E-state index in [0.717, 1.165) is 5.56 Å².